The number of methoxy groups -OCH3 is 2. The van der Waals surface area contributed by atoms with Gasteiger partial charge in [-0.2, -0.15) is 0 Å². The summed E-state index contributed by atoms with van der Waals surface area (Å²) in [6, 6.07) is 4.99. The molecular weight excluding hydrogens is 564 g/mol. The van der Waals surface area contributed by atoms with Gasteiger partial charge in [-0.1, -0.05) is 11.6 Å². The maximum absolute atomic E-state index is 13.8. The lowest BCUT2D eigenvalue weighted by Gasteiger charge is -2.28. The van der Waals surface area contributed by atoms with Gasteiger partial charge in [-0.25, -0.2) is 4.79 Å². The number of aliphatic hydroxyl groups excluding tert-OH is 2. The molecule has 4 fully saturated rings. The fourth-order valence-corrected chi connectivity index (χ4v) is 6.56. The number of nitrogens with zero attached hydrogens (tertiary/aromatic N) is 2. The minimum absolute atomic E-state index is 0.116. The highest BCUT2D eigenvalue weighted by Gasteiger charge is 2.58. The van der Waals surface area contributed by atoms with Crippen LogP contribution in [0.15, 0.2) is 23.0 Å². The van der Waals surface area contributed by atoms with E-state index in [-0.39, 0.29) is 13.1 Å². The Labute approximate surface area is 241 Å². The van der Waals surface area contributed by atoms with Crippen molar-refractivity contribution in [2.75, 3.05) is 14.2 Å². The monoisotopic (exact) mass is 600 g/mol. The third-order valence-electron chi connectivity index (χ3n) is 8.08. The molecule has 14 heteroatoms. The van der Waals surface area contributed by atoms with Crippen LogP contribution in [0.3, 0.4) is 0 Å². The van der Waals surface area contributed by atoms with Gasteiger partial charge < -0.3 is 48.1 Å². The van der Waals surface area contributed by atoms with E-state index in [2.05, 4.69) is 0 Å². The molecule has 4 aliphatic heterocycles. The van der Waals surface area contributed by atoms with Crippen molar-refractivity contribution in [1.29, 1.82) is 0 Å². The Kier molecular flexibility index (Phi) is 7.56. The summed E-state index contributed by atoms with van der Waals surface area (Å²) < 4.78 is 49.5. The predicted molar refractivity (Wildman–Crippen MR) is 142 cm³/mol. The van der Waals surface area contributed by atoms with Crippen molar-refractivity contribution in [3.05, 3.63) is 33.7 Å². The van der Waals surface area contributed by atoms with E-state index in [0.29, 0.717) is 16.1 Å². The molecule has 0 amide bonds. The third-order valence-corrected chi connectivity index (χ3v) is 8.31. The Morgan fingerprint density at radius 2 is 1.29 bits per heavy atom. The molecule has 0 bridgehead atoms. The van der Waals surface area contributed by atoms with Gasteiger partial charge in [0.2, 0.25) is 0 Å². The second kappa shape index (κ2) is 10.5. The largest absolute Gasteiger partial charge is 0.388 e. The number of hydrogen-bond donors (Lipinski definition) is 2. The van der Waals surface area contributed by atoms with Crippen LogP contribution < -0.4 is 5.69 Å². The van der Waals surface area contributed by atoms with E-state index in [0.717, 1.165) is 0 Å². The Balaban J connectivity index is 1.25. The molecule has 228 valence electrons. The summed E-state index contributed by atoms with van der Waals surface area (Å²) in [5.74, 6) is -1.69. The van der Waals surface area contributed by atoms with Gasteiger partial charge in [-0.3, -0.25) is 9.13 Å². The normalized spacial score (nSPS) is 37.0. The lowest BCUT2D eigenvalue weighted by molar-refractivity contribution is -0.228. The number of halogens is 1. The first-order chi connectivity index (χ1) is 19.3. The minimum Gasteiger partial charge on any atom is -0.388 e. The lowest BCUT2D eigenvalue weighted by Crippen LogP contribution is -2.46. The summed E-state index contributed by atoms with van der Waals surface area (Å²) >= 11 is 6.30. The van der Waals surface area contributed by atoms with Gasteiger partial charge >= 0.3 is 5.69 Å². The summed E-state index contributed by atoms with van der Waals surface area (Å²) in [7, 11) is 3.02. The van der Waals surface area contributed by atoms with Crippen molar-refractivity contribution in [2.24, 2.45) is 0 Å². The Morgan fingerprint density at radius 1 is 0.829 bits per heavy atom. The number of rotatable bonds is 8. The van der Waals surface area contributed by atoms with E-state index >= 15 is 0 Å². The molecule has 10 atom stereocenters. The van der Waals surface area contributed by atoms with Crippen LogP contribution in [0, 0.1) is 0 Å². The molecule has 1 aromatic carbocycles. The van der Waals surface area contributed by atoms with E-state index in [1.54, 1.807) is 45.9 Å². The fourth-order valence-electron chi connectivity index (χ4n) is 6.39. The fraction of sp³-hybridized carbons (Fsp3) is 0.741. The zero-order valence-electron chi connectivity index (χ0n) is 23.8. The molecule has 4 aliphatic rings. The number of imidazole rings is 1. The van der Waals surface area contributed by atoms with Crippen molar-refractivity contribution in [3.63, 3.8) is 0 Å². The molecule has 0 radical (unpaired) electrons. The number of ether oxygens (including phenoxy) is 8. The van der Waals surface area contributed by atoms with Gasteiger partial charge in [0, 0.05) is 19.2 Å². The lowest BCUT2D eigenvalue weighted by atomic mass is 10.1. The van der Waals surface area contributed by atoms with Crippen molar-refractivity contribution in [3.8, 4) is 0 Å². The molecular formula is C27H37ClN2O11. The quantitative estimate of drug-likeness (QED) is 0.447. The van der Waals surface area contributed by atoms with Crippen molar-refractivity contribution >= 4 is 22.6 Å². The zero-order valence-corrected chi connectivity index (χ0v) is 24.5. The Bertz CT molecular complexity index is 1340. The molecule has 4 saturated heterocycles. The van der Waals surface area contributed by atoms with Crippen LogP contribution in [0.5, 0.6) is 0 Å². The van der Waals surface area contributed by atoms with E-state index in [9.17, 15) is 15.0 Å². The first-order valence-electron chi connectivity index (χ1n) is 13.6. The number of aliphatic hydroxyl groups is 2. The summed E-state index contributed by atoms with van der Waals surface area (Å²) in [5.41, 5.74) is 0.546. The van der Waals surface area contributed by atoms with Crippen molar-refractivity contribution < 1.29 is 48.1 Å². The maximum atomic E-state index is 13.8. The highest BCUT2D eigenvalue weighted by molar-refractivity contribution is 6.31. The van der Waals surface area contributed by atoms with Crippen LogP contribution in [0.4, 0.5) is 0 Å². The molecule has 1 aromatic heterocycles. The molecule has 2 aromatic rings. The van der Waals surface area contributed by atoms with E-state index < -0.39 is 78.7 Å². The third kappa shape index (κ3) is 5.14. The first-order valence-corrected chi connectivity index (χ1v) is 14.0. The van der Waals surface area contributed by atoms with E-state index in [4.69, 9.17) is 49.5 Å². The Morgan fingerprint density at radius 3 is 1.76 bits per heavy atom. The maximum Gasteiger partial charge on any atom is 0.329 e. The summed E-state index contributed by atoms with van der Waals surface area (Å²) in [4.78, 5) is 13.8. The van der Waals surface area contributed by atoms with Crippen LogP contribution in [-0.2, 0) is 51.0 Å². The second-order valence-corrected chi connectivity index (χ2v) is 12.2. The molecule has 6 rings (SSSR count). The SMILES string of the molecule is CO[C@@H]1[C@@H]2OC(C)(C)O[C@@H]2O[C@@H]1[C@H](O)Cn1c(=O)n(C[C@H](O)[C@H]2O[C@@H]3OC(C)(C)O[C@@H]3[C@H]2OC)c2cc(Cl)ccc21. The minimum atomic E-state index is -1.16. The summed E-state index contributed by atoms with van der Waals surface area (Å²) in [6.45, 7) is 6.86. The van der Waals surface area contributed by atoms with Gasteiger partial charge in [-0.05, 0) is 45.9 Å². The average molecular weight is 601 g/mol. The highest BCUT2D eigenvalue weighted by Crippen LogP contribution is 2.41. The smallest absolute Gasteiger partial charge is 0.329 e. The number of hydrogen-bond acceptors (Lipinski definition) is 11. The molecule has 0 spiro atoms. The number of benzene rings is 1. The van der Waals surface area contributed by atoms with Crippen LogP contribution in [0.25, 0.3) is 11.0 Å². The molecule has 13 nitrogen and oxygen atoms in total. The van der Waals surface area contributed by atoms with Gasteiger partial charge in [-0.15, -0.1) is 0 Å². The predicted octanol–water partition coefficient (Wildman–Crippen LogP) is 0.961. The van der Waals surface area contributed by atoms with Crippen LogP contribution >= 0.6 is 11.6 Å². The van der Waals surface area contributed by atoms with Crippen LogP contribution in [-0.4, -0.2) is 107 Å². The molecule has 2 N–H and O–H groups in total. The summed E-state index contributed by atoms with van der Waals surface area (Å²) in [6.07, 6.45) is -7.65. The molecule has 5 heterocycles. The standard InChI is InChI=1S/C27H37ClN2O11/c1-26(2)38-21-19(34-5)17(36-23(21)40-26)15(31)10-29-13-8-7-12(28)9-14(13)30(25(29)33)11-16(32)18-20(35-6)22-24(37-18)41-27(3,4)39-22/h7-9,15-24,31-32H,10-11H2,1-6H3/t15-,16+,17-,18-,19+,20+,21+,22-,23+,24-/m1/s1. The van der Waals surface area contributed by atoms with Gasteiger partial charge in [0.15, 0.2) is 24.2 Å². The second-order valence-electron chi connectivity index (χ2n) is 11.8. The molecule has 41 heavy (non-hydrogen) atoms. The van der Waals surface area contributed by atoms with E-state index in [1.165, 1.54) is 23.4 Å². The first kappa shape index (κ1) is 29.5. The van der Waals surface area contributed by atoms with Crippen molar-refractivity contribution in [1.82, 2.24) is 9.13 Å². The van der Waals surface area contributed by atoms with Crippen molar-refractivity contribution in [2.45, 2.75) is 114 Å². The summed E-state index contributed by atoms with van der Waals surface area (Å²) in [5, 5.41) is 23.0. The average Bonchev–Trinajstić information content (AvgIpc) is 3.63. The molecule has 0 aliphatic carbocycles. The topological polar surface area (TPSA) is 141 Å². The van der Waals surface area contributed by atoms with Gasteiger partial charge in [0.05, 0.1) is 24.1 Å². The number of aromatic nitrogens is 2. The Hall–Kier alpha value is -1.62. The number of fused-ring (bicyclic) bond motifs is 3. The van der Waals surface area contributed by atoms with Gasteiger partial charge in [0.25, 0.3) is 0 Å². The van der Waals surface area contributed by atoms with E-state index in [1.807, 2.05) is 0 Å². The zero-order chi connectivity index (χ0) is 29.4. The van der Waals surface area contributed by atoms with Crippen LogP contribution in [0.1, 0.15) is 27.7 Å². The highest BCUT2D eigenvalue weighted by atomic mass is 35.5. The van der Waals surface area contributed by atoms with Gasteiger partial charge in [0.1, 0.15) is 48.8 Å². The molecule has 0 saturated carbocycles. The van der Waals surface area contributed by atoms with Crippen LogP contribution in [0.2, 0.25) is 5.02 Å². The molecule has 0 unspecified atom stereocenters.